The van der Waals surface area contributed by atoms with Gasteiger partial charge in [-0.3, -0.25) is 9.69 Å². The van der Waals surface area contributed by atoms with Crippen LogP contribution in [0.15, 0.2) is 42.5 Å². The molecular weight excluding hydrogens is 302 g/mol. The van der Waals surface area contributed by atoms with Crippen molar-refractivity contribution in [3.8, 4) is 0 Å². The highest BCUT2D eigenvalue weighted by Crippen LogP contribution is 2.31. The Morgan fingerprint density at radius 1 is 1.04 bits per heavy atom. The second-order valence-corrected chi connectivity index (χ2v) is 6.82. The summed E-state index contributed by atoms with van der Waals surface area (Å²) in [6.07, 6.45) is 2.26. The van der Waals surface area contributed by atoms with Crippen molar-refractivity contribution in [2.75, 3.05) is 19.8 Å². The molecule has 0 aliphatic carbocycles. The largest absolute Gasteiger partial charge is 0.326 e. The number of rotatable bonds is 3. The Morgan fingerprint density at radius 2 is 1.75 bits per heavy atom. The van der Waals surface area contributed by atoms with E-state index in [1.165, 1.54) is 4.90 Å². The molecule has 2 heterocycles. The zero-order chi connectivity index (χ0) is 16.7. The fourth-order valence-corrected chi connectivity index (χ4v) is 3.65. The number of imide groups is 1. The molecule has 3 amide bonds. The monoisotopic (exact) mass is 323 g/mol. The Balaban J connectivity index is 1.65. The third-order valence-electron chi connectivity index (χ3n) is 5.14. The third-order valence-corrected chi connectivity index (χ3v) is 5.14. The van der Waals surface area contributed by atoms with Crippen LogP contribution in [-0.2, 0) is 10.3 Å². The Morgan fingerprint density at radius 3 is 2.50 bits per heavy atom. The lowest BCUT2D eigenvalue weighted by Crippen LogP contribution is -2.43. The number of carbonyl (C=O) groups excluding carboxylic acids is 2. The normalized spacial score (nSPS) is 24.8. The molecule has 4 rings (SSSR count). The summed E-state index contributed by atoms with van der Waals surface area (Å²) in [6.45, 7) is 4.07. The molecule has 0 aromatic heterocycles. The summed E-state index contributed by atoms with van der Waals surface area (Å²) in [6, 6.07) is 13.6. The van der Waals surface area contributed by atoms with Crippen molar-refractivity contribution < 1.29 is 9.59 Å². The summed E-state index contributed by atoms with van der Waals surface area (Å²) in [5.41, 5.74) is -0.177. The number of likely N-dealkylation sites (tertiary alicyclic amines) is 1. The smallest absolute Gasteiger partial charge is 0.319 e. The summed E-state index contributed by atoms with van der Waals surface area (Å²) in [5, 5.41) is 5.08. The predicted molar refractivity (Wildman–Crippen MR) is 92.4 cm³/mol. The van der Waals surface area contributed by atoms with Gasteiger partial charge in [0.15, 0.2) is 0 Å². The Kier molecular flexibility index (Phi) is 3.53. The van der Waals surface area contributed by atoms with Crippen molar-refractivity contribution in [3.63, 3.8) is 0 Å². The summed E-state index contributed by atoms with van der Waals surface area (Å²) in [5.74, 6) is -0.172. The first-order chi connectivity index (χ1) is 11.6. The number of nitrogens with zero attached hydrogens (tertiary/aromatic N) is 2. The van der Waals surface area contributed by atoms with Crippen LogP contribution in [0.1, 0.15) is 25.3 Å². The highest BCUT2D eigenvalue weighted by Gasteiger charge is 2.49. The first-order valence-electron chi connectivity index (χ1n) is 8.44. The number of benzene rings is 2. The molecule has 0 spiro atoms. The van der Waals surface area contributed by atoms with Crippen molar-refractivity contribution in [2.45, 2.75) is 25.3 Å². The number of fused-ring (bicyclic) bond motifs is 1. The summed E-state index contributed by atoms with van der Waals surface area (Å²) >= 11 is 0. The van der Waals surface area contributed by atoms with E-state index in [0.717, 1.165) is 42.3 Å². The minimum absolute atomic E-state index is 0.172. The van der Waals surface area contributed by atoms with Crippen LogP contribution < -0.4 is 5.32 Å². The van der Waals surface area contributed by atoms with Gasteiger partial charge in [0.2, 0.25) is 0 Å². The molecule has 1 atom stereocenters. The van der Waals surface area contributed by atoms with E-state index < -0.39 is 5.54 Å². The van der Waals surface area contributed by atoms with Crippen LogP contribution in [0.2, 0.25) is 0 Å². The molecule has 2 aromatic rings. The SMILES string of the molecule is C[C@]1(c2ccc3ccccc3c2)NC(=O)N(CN2CCCC2)C1=O. The molecule has 2 aliphatic heterocycles. The number of amides is 3. The molecule has 2 aromatic carbocycles. The summed E-state index contributed by atoms with van der Waals surface area (Å²) in [4.78, 5) is 28.9. The molecule has 0 bridgehead atoms. The molecular formula is C19H21N3O2. The van der Waals surface area contributed by atoms with Crippen LogP contribution in [0.4, 0.5) is 4.79 Å². The lowest BCUT2D eigenvalue weighted by Gasteiger charge is -2.24. The van der Waals surface area contributed by atoms with Gasteiger partial charge in [0.25, 0.3) is 5.91 Å². The van der Waals surface area contributed by atoms with E-state index in [0.29, 0.717) is 6.67 Å². The maximum absolute atomic E-state index is 13.0. The van der Waals surface area contributed by atoms with Gasteiger partial charge in [0.05, 0.1) is 6.67 Å². The van der Waals surface area contributed by atoms with E-state index in [-0.39, 0.29) is 11.9 Å². The summed E-state index contributed by atoms with van der Waals surface area (Å²) in [7, 11) is 0. The van der Waals surface area contributed by atoms with Crippen LogP contribution >= 0.6 is 0 Å². The zero-order valence-electron chi connectivity index (χ0n) is 13.8. The van der Waals surface area contributed by atoms with Crippen LogP contribution in [0, 0.1) is 0 Å². The van der Waals surface area contributed by atoms with Crippen molar-refractivity contribution in [2.24, 2.45) is 0 Å². The van der Waals surface area contributed by atoms with Crippen molar-refractivity contribution in [1.82, 2.24) is 15.1 Å². The molecule has 2 fully saturated rings. The van der Waals surface area contributed by atoms with Crippen LogP contribution in [0.25, 0.3) is 10.8 Å². The zero-order valence-corrected chi connectivity index (χ0v) is 13.8. The standard InChI is InChI=1S/C19H21N3O2/c1-19(16-9-8-14-6-2-3-7-15(14)12-16)17(23)22(18(24)20-19)13-21-10-4-5-11-21/h2-3,6-9,12H,4-5,10-11,13H2,1H3,(H,20,24)/t19-/m1/s1. The van der Waals surface area contributed by atoms with Gasteiger partial charge < -0.3 is 5.32 Å². The van der Waals surface area contributed by atoms with Gasteiger partial charge in [-0.25, -0.2) is 9.69 Å². The van der Waals surface area contributed by atoms with Gasteiger partial charge in [-0.15, -0.1) is 0 Å². The van der Waals surface area contributed by atoms with E-state index in [1.54, 1.807) is 6.92 Å². The van der Waals surface area contributed by atoms with Crippen molar-refractivity contribution in [3.05, 3.63) is 48.0 Å². The fourth-order valence-electron chi connectivity index (χ4n) is 3.65. The predicted octanol–water partition coefficient (Wildman–Crippen LogP) is 2.66. The molecule has 124 valence electrons. The van der Waals surface area contributed by atoms with Gasteiger partial charge >= 0.3 is 6.03 Å². The van der Waals surface area contributed by atoms with E-state index >= 15 is 0 Å². The van der Waals surface area contributed by atoms with Gasteiger partial charge in [-0.2, -0.15) is 0 Å². The molecule has 0 unspecified atom stereocenters. The van der Waals surface area contributed by atoms with Gasteiger partial charge in [0, 0.05) is 0 Å². The van der Waals surface area contributed by atoms with E-state index in [9.17, 15) is 9.59 Å². The van der Waals surface area contributed by atoms with Gasteiger partial charge in [-0.1, -0.05) is 36.4 Å². The molecule has 5 heteroatoms. The molecule has 5 nitrogen and oxygen atoms in total. The van der Waals surface area contributed by atoms with Crippen LogP contribution in [-0.4, -0.2) is 41.5 Å². The molecule has 0 radical (unpaired) electrons. The molecule has 0 saturated carbocycles. The number of carbonyl (C=O) groups is 2. The highest BCUT2D eigenvalue weighted by atomic mass is 16.2. The fraction of sp³-hybridized carbons (Fsp3) is 0.368. The third kappa shape index (κ3) is 2.36. The first-order valence-corrected chi connectivity index (χ1v) is 8.44. The van der Waals surface area contributed by atoms with Crippen LogP contribution in [0.5, 0.6) is 0 Å². The van der Waals surface area contributed by atoms with Crippen molar-refractivity contribution >= 4 is 22.7 Å². The van der Waals surface area contributed by atoms with E-state index in [1.807, 2.05) is 42.5 Å². The van der Waals surface area contributed by atoms with E-state index in [4.69, 9.17) is 0 Å². The molecule has 2 saturated heterocycles. The van der Waals surface area contributed by atoms with Crippen molar-refractivity contribution in [1.29, 1.82) is 0 Å². The number of nitrogens with one attached hydrogen (secondary N) is 1. The van der Waals surface area contributed by atoms with Crippen LogP contribution in [0.3, 0.4) is 0 Å². The van der Waals surface area contributed by atoms with Gasteiger partial charge in [-0.05, 0) is 55.3 Å². The molecule has 24 heavy (non-hydrogen) atoms. The highest BCUT2D eigenvalue weighted by molar-refractivity contribution is 6.07. The average molecular weight is 323 g/mol. The minimum atomic E-state index is -0.999. The number of hydrogen-bond donors (Lipinski definition) is 1. The summed E-state index contributed by atoms with van der Waals surface area (Å²) < 4.78 is 0. The lowest BCUT2D eigenvalue weighted by atomic mass is 9.90. The second-order valence-electron chi connectivity index (χ2n) is 6.82. The first kappa shape index (κ1) is 15.1. The number of urea groups is 1. The molecule has 1 N–H and O–H groups in total. The average Bonchev–Trinajstić information content (AvgIpc) is 3.18. The lowest BCUT2D eigenvalue weighted by molar-refractivity contribution is -0.132. The second kappa shape index (κ2) is 5.60. The number of hydrogen-bond acceptors (Lipinski definition) is 3. The quantitative estimate of drug-likeness (QED) is 0.884. The maximum atomic E-state index is 13.0. The Labute approximate surface area is 141 Å². The Hall–Kier alpha value is -2.40. The molecule has 2 aliphatic rings. The topological polar surface area (TPSA) is 52.7 Å². The maximum Gasteiger partial charge on any atom is 0.326 e. The van der Waals surface area contributed by atoms with Gasteiger partial charge in [0.1, 0.15) is 5.54 Å². The van der Waals surface area contributed by atoms with E-state index in [2.05, 4.69) is 10.2 Å². The minimum Gasteiger partial charge on any atom is -0.319 e. The Bertz CT molecular complexity index is 813.